The minimum Gasteiger partial charge on any atom is -0.478 e. The van der Waals surface area contributed by atoms with Crippen LogP contribution in [0.1, 0.15) is 15.9 Å². The summed E-state index contributed by atoms with van der Waals surface area (Å²) in [5.74, 6) is -0.882. The molecule has 18 heavy (non-hydrogen) atoms. The van der Waals surface area contributed by atoms with E-state index in [9.17, 15) is 9.90 Å². The van der Waals surface area contributed by atoms with Crippen LogP contribution in [0.5, 0.6) is 0 Å². The van der Waals surface area contributed by atoms with Crippen LogP contribution in [0.2, 0.25) is 0 Å². The molecule has 0 aliphatic heterocycles. The van der Waals surface area contributed by atoms with Crippen molar-refractivity contribution in [2.24, 2.45) is 0 Å². The van der Waals surface area contributed by atoms with Crippen molar-refractivity contribution in [2.45, 2.75) is 6.92 Å². The number of hydrogen-bond acceptors (Lipinski definition) is 1. The Morgan fingerprint density at radius 2 is 1.78 bits per heavy atom. The first-order valence-electron chi connectivity index (χ1n) is 5.81. The van der Waals surface area contributed by atoms with Crippen molar-refractivity contribution in [1.82, 2.24) is 0 Å². The summed E-state index contributed by atoms with van der Waals surface area (Å²) >= 11 is 0. The van der Waals surface area contributed by atoms with Crippen LogP contribution in [0.15, 0.2) is 48.5 Å². The summed E-state index contributed by atoms with van der Waals surface area (Å²) in [5.41, 5.74) is 1.56. The molecule has 0 fully saturated rings. The first-order chi connectivity index (χ1) is 8.65. The van der Waals surface area contributed by atoms with E-state index in [2.05, 4.69) is 13.0 Å². The van der Waals surface area contributed by atoms with Gasteiger partial charge in [-0.25, -0.2) is 4.79 Å². The van der Waals surface area contributed by atoms with Crippen molar-refractivity contribution in [3.8, 4) is 0 Å². The number of rotatable bonds is 1. The molecule has 0 atom stereocenters. The largest absolute Gasteiger partial charge is 0.478 e. The topological polar surface area (TPSA) is 37.3 Å². The summed E-state index contributed by atoms with van der Waals surface area (Å²) in [6.07, 6.45) is 0. The lowest BCUT2D eigenvalue weighted by atomic mass is 9.99. The third-order valence-corrected chi connectivity index (χ3v) is 3.22. The molecule has 0 bridgehead atoms. The zero-order valence-electron chi connectivity index (χ0n) is 9.97. The first-order valence-corrected chi connectivity index (χ1v) is 5.81. The van der Waals surface area contributed by atoms with Gasteiger partial charge in [0.25, 0.3) is 0 Å². The average Bonchev–Trinajstić information content (AvgIpc) is 2.35. The highest BCUT2D eigenvalue weighted by molar-refractivity contribution is 6.08. The van der Waals surface area contributed by atoms with Crippen molar-refractivity contribution in [1.29, 1.82) is 0 Å². The van der Waals surface area contributed by atoms with Crippen molar-refractivity contribution in [2.75, 3.05) is 0 Å². The summed E-state index contributed by atoms with van der Waals surface area (Å²) in [6, 6.07) is 15.6. The molecule has 0 saturated carbocycles. The fourth-order valence-corrected chi connectivity index (χ4v) is 2.33. The van der Waals surface area contributed by atoms with Crippen LogP contribution in [0.25, 0.3) is 21.5 Å². The molecule has 0 heterocycles. The van der Waals surface area contributed by atoms with Gasteiger partial charge in [0.15, 0.2) is 0 Å². The lowest BCUT2D eigenvalue weighted by Crippen LogP contribution is -1.96. The summed E-state index contributed by atoms with van der Waals surface area (Å²) in [5, 5.41) is 13.2. The molecule has 2 heteroatoms. The molecule has 0 aromatic heterocycles. The highest BCUT2D eigenvalue weighted by Gasteiger charge is 2.08. The minimum atomic E-state index is -0.882. The predicted molar refractivity (Wildman–Crippen MR) is 73.2 cm³/mol. The number of aryl methyl sites for hydroxylation is 1. The molecule has 0 aliphatic carbocycles. The van der Waals surface area contributed by atoms with Crippen LogP contribution in [-0.4, -0.2) is 11.1 Å². The fourth-order valence-electron chi connectivity index (χ4n) is 2.33. The van der Waals surface area contributed by atoms with E-state index in [0.29, 0.717) is 5.56 Å². The second-order valence-corrected chi connectivity index (χ2v) is 4.53. The lowest BCUT2D eigenvalue weighted by molar-refractivity contribution is 0.0699. The summed E-state index contributed by atoms with van der Waals surface area (Å²) in [6.45, 7) is 2.05. The maximum atomic E-state index is 11.2. The number of carbonyl (C=O) groups is 1. The highest BCUT2D eigenvalue weighted by Crippen LogP contribution is 2.26. The number of benzene rings is 3. The Morgan fingerprint density at radius 1 is 0.944 bits per heavy atom. The number of carboxylic acids is 1. The van der Waals surface area contributed by atoms with Gasteiger partial charge >= 0.3 is 5.97 Å². The van der Waals surface area contributed by atoms with E-state index in [1.165, 1.54) is 5.56 Å². The van der Waals surface area contributed by atoms with Crippen molar-refractivity contribution >= 4 is 27.5 Å². The van der Waals surface area contributed by atoms with E-state index in [1.807, 2.05) is 30.3 Å². The molecule has 0 amide bonds. The quantitative estimate of drug-likeness (QED) is 0.648. The van der Waals surface area contributed by atoms with Crippen LogP contribution < -0.4 is 0 Å². The molecule has 0 saturated heterocycles. The van der Waals surface area contributed by atoms with Crippen LogP contribution in [0.4, 0.5) is 0 Å². The Morgan fingerprint density at radius 3 is 2.56 bits per heavy atom. The number of carboxylic acid groups (broad SMARTS) is 1. The van der Waals surface area contributed by atoms with Crippen LogP contribution in [0, 0.1) is 6.92 Å². The SMILES string of the molecule is Cc1ccc2cc3c(C(=O)O)cccc3cc2c1. The van der Waals surface area contributed by atoms with Gasteiger partial charge in [-0.15, -0.1) is 0 Å². The summed E-state index contributed by atoms with van der Waals surface area (Å²) in [4.78, 5) is 11.2. The van der Waals surface area contributed by atoms with E-state index in [1.54, 1.807) is 12.1 Å². The molecular weight excluding hydrogens is 224 g/mol. The third-order valence-electron chi connectivity index (χ3n) is 3.22. The molecular formula is C16H12O2. The zero-order valence-corrected chi connectivity index (χ0v) is 9.97. The van der Waals surface area contributed by atoms with Crippen molar-refractivity contribution in [3.05, 3.63) is 59.7 Å². The molecule has 3 rings (SSSR count). The Hall–Kier alpha value is -2.35. The van der Waals surface area contributed by atoms with Crippen LogP contribution >= 0.6 is 0 Å². The molecule has 3 aromatic carbocycles. The van der Waals surface area contributed by atoms with Gasteiger partial charge in [0, 0.05) is 0 Å². The van der Waals surface area contributed by atoms with Crippen LogP contribution in [0.3, 0.4) is 0 Å². The molecule has 3 aromatic rings. The third kappa shape index (κ3) is 1.63. The Kier molecular flexibility index (Phi) is 2.30. The van der Waals surface area contributed by atoms with Gasteiger partial charge in [-0.3, -0.25) is 0 Å². The van der Waals surface area contributed by atoms with Gasteiger partial charge < -0.3 is 5.11 Å². The molecule has 2 nitrogen and oxygen atoms in total. The van der Waals surface area contributed by atoms with Crippen molar-refractivity contribution in [3.63, 3.8) is 0 Å². The van der Waals surface area contributed by atoms with E-state index in [4.69, 9.17) is 0 Å². The predicted octanol–water partition coefficient (Wildman–Crippen LogP) is 4.00. The molecule has 0 spiro atoms. The number of fused-ring (bicyclic) bond motifs is 2. The van der Waals surface area contributed by atoms with Gasteiger partial charge in [0.2, 0.25) is 0 Å². The van der Waals surface area contributed by atoms with Crippen molar-refractivity contribution < 1.29 is 9.90 Å². The molecule has 1 N–H and O–H groups in total. The Balaban J connectivity index is 2.44. The molecule has 88 valence electrons. The maximum absolute atomic E-state index is 11.2. The zero-order chi connectivity index (χ0) is 12.7. The number of hydrogen-bond donors (Lipinski definition) is 1. The van der Waals surface area contributed by atoms with Crippen LogP contribution in [-0.2, 0) is 0 Å². The number of aromatic carboxylic acids is 1. The standard InChI is InChI=1S/C16H12O2/c1-10-5-6-11-9-15-12(8-13(11)7-10)3-2-4-14(15)16(17)18/h2-9H,1H3,(H,17,18). The normalized spacial score (nSPS) is 10.9. The smallest absolute Gasteiger partial charge is 0.336 e. The van der Waals surface area contributed by atoms with Gasteiger partial charge in [0.05, 0.1) is 5.56 Å². The van der Waals surface area contributed by atoms with E-state index < -0.39 is 5.97 Å². The molecule has 0 aliphatic rings. The first kappa shape index (κ1) is 10.8. The second-order valence-electron chi connectivity index (χ2n) is 4.53. The maximum Gasteiger partial charge on any atom is 0.336 e. The summed E-state index contributed by atoms with van der Waals surface area (Å²) in [7, 11) is 0. The van der Waals surface area contributed by atoms with Gasteiger partial charge in [0.1, 0.15) is 0 Å². The Labute approximate surface area is 104 Å². The van der Waals surface area contributed by atoms with Gasteiger partial charge in [-0.2, -0.15) is 0 Å². The van der Waals surface area contributed by atoms with Gasteiger partial charge in [-0.05, 0) is 46.7 Å². The van der Waals surface area contributed by atoms with Gasteiger partial charge in [-0.1, -0.05) is 35.9 Å². The van der Waals surface area contributed by atoms with E-state index in [-0.39, 0.29) is 0 Å². The lowest BCUT2D eigenvalue weighted by Gasteiger charge is -2.06. The summed E-state index contributed by atoms with van der Waals surface area (Å²) < 4.78 is 0. The van der Waals surface area contributed by atoms with E-state index in [0.717, 1.165) is 21.5 Å². The van der Waals surface area contributed by atoms with E-state index >= 15 is 0 Å². The fraction of sp³-hybridized carbons (Fsp3) is 0.0625. The highest BCUT2D eigenvalue weighted by atomic mass is 16.4. The molecule has 0 radical (unpaired) electrons. The Bertz CT molecular complexity index is 772. The molecule has 0 unspecified atom stereocenters. The monoisotopic (exact) mass is 236 g/mol. The average molecular weight is 236 g/mol. The minimum absolute atomic E-state index is 0.356. The second kappa shape index (κ2) is 3.84.